The quantitative estimate of drug-likeness (QED) is 0.897. The molecule has 23 heavy (non-hydrogen) atoms. The van der Waals surface area contributed by atoms with Crippen LogP contribution in [0.3, 0.4) is 0 Å². The van der Waals surface area contributed by atoms with Crippen LogP contribution in [0, 0.1) is 12.8 Å². The zero-order valence-corrected chi connectivity index (χ0v) is 14.9. The third-order valence-corrected chi connectivity index (χ3v) is 6.09. The summed E-state index contributed by atoms with van der Waals surface area (Å²) in [6, 6.07) is 4.90. The standard InChI is InChI=1S/C17H26N2O3S/c1-13(2)12-18-17(20)15-8-7-14(3)16(11-15)23(21,22)19-9-5-4-6-10-19/h7-8,11,13H,4-6,9-10,12H2,1-3H3,(H,18,20). The molecule has 0 bridgehead atoms. The Morgan fingerprint density at radius 3 is 2.48 bits per heavy atom. The zero-order chi connectivity index (χ0) is 17.0. The number of hydrogen-bond acceptors (Lipinski definition) is 3. The van der Waals surface area contributed by atoms with Gasteiger partial charge in [0.2, 0.25) is 10.0 Å². The molecule has 128 valence electrons. The number of carbonyl (C=O) groups excluding carboxylic acids is 1. The van der Waals surface area contributed by atoms with Crippen molar-refractivity contribution in [2.75, 3.05) is 19.6 Å². The van der Waals surface area contributed by atoms with Crippen molar-refractivity contribution in [1.82, 2.24) is 9.62 Å². The van der Waals surface area contributed by atoms with E-state index in [9.17, 15) is 13.2 Å². The lowest BCUT2D eigenvalue weighted by molar-refractivity contribution is 0.0949. The van der Waals surface area contributed by atoms with Crippen LogP contribution in [-0.2, 0) is 10.0 Å². The van der Waals surface area contributed by atoms with Gasteiger partial charge in [-0.1, -0.05) is 26.3 Å². The van der Waals surface area contributed by atoms with E-state index in [2.05, 4.69) is 5.32 Å². The van der Waals surface area contributed by atoms with E-state index in [0.717, 1.165) is 19.3 Å². The van der Waals surface area contributed by atoms with Gasteiger partial charge in [0.25, 0.3) is 5.91 Å². The van der Waals surface area contributed by atoms with Gasteiger partial charge in [-0.05, 0) is 43.4 Å². The number of hydrogen-bond donors (Lipinski definition) is 1. The van der Waals surface area contributed by atoms with Gasteiger partial charge in [-0.3, -0.25) is 4.79 Å². The van der Waals surface area contributed by atoms with Crippen LogP contribution in [0.4, 0.5) is 0 Å². The maximum atomic E-state index is 12.8. The van der Waals surface area contributed by atoms with E-state index in [0.29, 0.717) is 36.7 Å². The highest BCUT2D eigenvalue weighted by Gasteiger charge is 2.28. The molecular weight excluding hydrogens is 312 g/mol. The lowest BCUT2D eigenvalue weighted by atomic mass is 10.1. The number of piperidine rings is 1. The molecular formula is C17H26N2O3S. The molecule has 0 aromatic heterocycles. The molecule has 1 fully saturated rings. The highest BCUT2D eigenvalue weighted by Crippen LogP contribution is 2.24. The fraction of sp³-hybridized carbons (Fsp3) is 0.588. The highest BCUT2D eigenvalue weighted by molar-refractivity contribution is 7.89. The number of amides is 1. The van der Waals surface area contributed by atoms with Gasteiger partial charge < -0.3 is 5.32 Å². The predicted molar refractivity (Wildman–Crippen MR) is 91.0 cm³/mol. The molecule has 1 aromatic carbocycles. The molecule has 0 saturated carbocycles. The van der Waals surface area contributed by atoms with Crippen LogP contribution < -0.4 is 5.32 Å². The minimum absolute atomic E-state index is 0.228. The second kappa shape index (κ2) is 7.45. The third-order valence-electron chi connectivity index (χ3n) is 4.05. The number of sulfonamides is 1. The first-order valence-corrected chi connectivity index (χ1v) is 9.65. The monoisotopic (exact) mass is 338 g/mol. The summed E-state index contributed by atoms with van der Waals surface area (Å²) in [6.07, 6.45) is 2.86. The summed E-state index contributed by atoms with van der Waals surface area (Å²) >= 11 is 0. The molecule has 2 rings (SSSR count). The van der Waals surface area contributed by atoms with Gasteiger partial charge in [0.05, 0.1) is 4.90 Å². The summed E-state index contributed by atoms with van der Waals surface area (Å²) < 4.78 is 27.2. The number of rotatable bonds is 5. The number of nitrogens with one attached hydrogen (secondary N) is 1. The zero-order valence-electron chi connectivity index (χ0n) is 14.1. The maximum Gasteiger partial charge on any atom is 0.251 e. The average Bonchev–Trinajstić information content (AvgIpc) is 2.53. The molecule has 1 aliphatic rings. The Morgan fingerprint density at radius 1 is 1.22 bits per heavy atom. The first-order chi connectivity index (χ1) is 10.8. The van der Waals surface area contributed by atoms with Crippen molar-refractivity contribution in [3.8, 4) is 0 Å². The van der Waals surface area contributed by atoms with E-state index in [1.807, 2.05) is 13.8 Å². The molecule has 0 spiro atoms. The van der Waals surface area contributed by atoms with Gasteiger partial charge in [-0.2, -0.15) is 4.31 Å². The van der Waals surface area contributed by atoms with Crippen LogP contribution in [0.15, 0.2) is 23.1 Å². The minimum atomic E-state index is -3.53. The fourth-order valence-corrected chi connectivity index (χ4v) is 4.43. The molecule has 1 heterocycles. The predicted octanol–water partition coefficient (Wildman–Crippen LogP) is 2.56. The van der Waals surface area contributed by atoms with E-state index < -0.39 is 10.0 Å². The van der Waals surface area contributed by atoms with Gasteiger partial charge >= 0.3 is 0 Å². The van der Waals surface area contributed by atoms with Crippen molar-refractivity contribution in [2.24, 2.45) is 5.92 Å². The maximum absolute atomic E-state index is 12.8. The first-order valence-electron chi connectivity index (χ1n) is 8.21. The minimum Gasteiger partial charge on any atom is -0.352 e. The molecule has 0 atom stereocenters. The Hall–Kier alpha value is -1.40. The molecule has 1 aliphatic heterocycles. The Morgan fingerprint density at radius 2 is 1.87 bits per heavy atom. The van der Waals surface area contributed by atoms with Crippen LogP contribution in [0.5, 0.6) is 0 Å². The normalized spacial score (nSPS) is 16.5. The Kier molecular flexibility index (Phi) is 5.81. The summed E-state index contributed by atoms with van der Waals surface area (Å²) in [5.41, 5.74) is 1.07. The Balaban J connectivity index is 2.28. The van der Waals surface area contributed by atoms with Crippen LogP contribution in [0.25, 0.3) is 0 Å². The highest BCUT2D eigenvalue weighted by atomic mass is 32.2. The fourth-order valence-electron chi connectivity index (χ4n) is 2.66. The van der Waals surface area contributed by atoms with Crippen molar-refractivity contribution in [2.45, 2.75) is 44.9 Å². The second-order valence-electron chi connectivity index (χ2n) is 6.55. The lowest BCUT2D eigenvalue weighted by Crippen LogP contribution is -2.36. The molecule has 0 radical (unpaired) electrons. The van der Waals surface area contributed by atoms with Crippen molar-refractivity contribution in [3.05, 3.63) is 29.3 Å². The Bertz CT molecular complexity index is 662. The third kappa shape index (κ3) is 4.32. The van der Waals surface area contributed by atoms with Gasteiger partial charge in [0, 0.05) is 25.2 Å². The second-order valence-corrected chi connectivity index (χ2v) is 8.46. The summed E-state index contributed by atoms with van der Waals surface area (Å²) in [4.78, 5) is 12.4. The van der Waals surface area contributed by atoms with Crippen molar-refractivity contribution >= 4 is 15.9 Å². The summed E-state index contributed by atoms with van der Waals surface area (Å²) in [5.74, 6) is 0.120. The molecule has 0 unspecified atom stereocenters. The molecule has 0 aliphatic carbocycles. The smallest absolute Gasteiger partial charge is 0.251 e. The van der Waals surface area contributed by atoms with E-state index in [4.69, 9.17) is 0 Å². The summed E-state index contributed by atoms with van der Waals surface area (Å²) in [6.45, 7) is 7.49. The summed E-state index contributed by atoms with van der Waals surface area (Å²) in [5, 5.41) is 2.83. The molecule has 1 N–H and O–H groups in total. The van der Waals surface area contributed by atoms with E-state index in [1.165, 1.54) is 10.4 Å². The molecule has 1 saturated heterocycles. The average molecular weight is 338 g/mol. The largest absolute Gasteiger partial charge is 0.352 e. The van der Waals surface area contributed by atoms with Crippen LogP contribution >= 0.6 is 0 Å². The van der Waals surface area contributed by atoms with Crippen molar-refractivity contribution in [1.29, 1.82) is 0 Å². The van der Waals surface area contributed by atoms with Crippen molar-refractivity contribution < 1.29 is 13.2 Å². The lowest BCUT2D eigenvalue weighted by Gasteiger charge is -2.26. The van der Waals surface area contributed by atoms with Crippen molar-refractivity contribution in [3.63, 3.8) is 0 Å². The SMILES string of the molecule is Cc1ccc(C(=O)NCC(C)C)cc1S(=O)(=O)N1CCCCC1. The van der Waals surface area contributed by atoms with Gasteiger partial charge in [0.15, 0.2) is 0 Å². The van der Waals surface area contributed by atoms with E-state index >= 15 is 0 Å². The number of carbonyl (C=O) groups is 1. The van der Waals surface area contributed by atoms with Gasteiger partial charge in [-0.15, -0.1) is 0 Å². The van der Waals surface area contributed by atoms with Crippen LogP contribution in [0.2, 0.25) is 0 Å². The van der Waals surface area contributed by atoms with Crippen LogP contribution in [0.1, 0.15) is 49.0 Å². The first kappa shape index (κ1) is 17.9. The van der Waals surface area contributed by atoms with E-state index in [-0.39, 0.29) is 10.8 Å². The van der Waals surface area contributed by atoms with E-state index in [1.54, 1.807) is 19.1 Å². The topological polar surface area (TPSA) is 66.5 Å². The Labute approximate surface area is 139 Å². The molecule has 5 nitrogen and oxygen atoms in total. The molecule has 1 aromatic rings. The summed E-state index contributed by atoms with van der Waals surface area (Å²) in [7, 11) is -3.53. The van der Waals surface area contributed by atoms with Gasteiger partial charge in [0.1, 0.15) is 0 Å². The van der Waals surface area contributed by atoms with Crippen LogP contribution in [-0.4, -0.2) is 38.3 Å². The number of benzene rings is 1. The number of aryl methyl sites for hydroxylation is 1. The molecule has 1 amide bonds. The molecule has 6 heteroatoms. The van der Waals surface area contributed by atoms with Gasteiger partial charge in [-0.25, -0.2) is 8.42 Å². The number of nitrogens with zero attached hydrogens (tertiary/aromatic N) is 1.